The van der Waals surface area contributed by atoms with Gasteiger partial charge in [-0.2, -0.15) is 0 Å². The number of unbranched alkanes of at least 4 members (excludes halogenated alkanes) is 8. The van der Waals surface area contributed by atoms with Crippen LogP contribution in [0.1, 0.15) is 84.0 Å². The van der Waals surface area contributed by atoms with Crippen molar-refractivity contribution in [2.45, 2.75) is 84.0 Å². The smallest absolute Gasteiger partial charge is 0.245 e. The van der Waals surface area contributed by atoms with Crippen molar-refractivity contribution < 1.29 is 9.63 Å². The molecule has 0 aromatic heterocycles. The lowest BCUT2D eigenvalue weighted by molar-refractivity contribution is -0.168. The SMILES string of the molecule is CCCCC/C=C\C/C=C\CCCCCCCC(=O)N(C)OC. The molecule has 0 fully saturated rings. The van der Waals surface area contributed by atoms with E-state index in [4.69, 9.17) is 4.84 Å². The van der Waals surface area contributed by atoms with E-state index in [9.17, 15) is 4.79 Å². The molecule has 134 valence electrons. The van der Waals surface area contributed by atoms with E-state index < -0.39 is 0 Å². The summed E-state index contributed by atoms with van der Waals surface area (Å²) in [5.41, 5.74) is 0. The van der Waals surface area contributed by atoms with Crippen molar-refractivity contribution in [1.29, 1.82) is 0 Å². The van der Waals surface area contributed by atoms with E-state index in [1.54, 1.807) is 7.05 Å². The van der Waals surface area contributed by atoms with E-state index in [0.29, 0.717) is 6.42 Å². The molecule has 0 radical (unpaired) electrons. The third-order valence-corrected chi connectivity index (χ3v) is 3.97. The summed E-state index contributed by atoms with van der Waals surface area (Å²) in [6.07, 6.45) is 23.0. The number of hydrogen-bond acceptors (Lipinski definition) is 2. The van der Waals surface area contributed by atoms with Crippen LogP contribution in [-0.2, 0) is 9.63 Å². The lowest BCUT2D eigenvalue weighted by Crippen LogP contribution is -2.24. The number of carbonyl (C=O) groups is 1. The number of nitrogens with zero attached hydrogens (tertiary/aromatic N) is 1. The molecule has 0 saturated carbocycles. The van der Waals surface area contributed by atoms with E-state index in [-0.39, 0.29) is 5.91 Å². The van der Waals surface area contributed by atoms with Gasteiger partial charge < -0.3 is 0 Å². The Kier molecular flexibility index (Phi) is 16.4. The molecule has 0 atom stereocenters. The largest absolute Gasteiger partial charge is 0.275 e. The van der Waals surface area contributed by atoms with Crippen molar-refractivity contribution in [2.24, 2.45) is 0 Å². The highest BCUT2D eigenvalue weighted by atomic mass is 16.7. The highest BCUT2D eigenvalue weighted by Gasteiger charge is 2.06. The van der Waals surface area contributed by atoms with Crippen molar-refractivity contribution in [3.8, 4) is 0 Å². The molecule has 0 aliphatic rings. The van der Waals surface area contributed by atoms with Crippen molar-refractivity contribution in [3.63, 3.8) is 0 Å². The Labute approximate surface area is 143 Å². The quantitative estimate of drug-likeness (QED) is 0.216. The standard InChI is InChI=1S/C20H37NO2/c1-4-5-6-7-8-9-10-11-12-13-14-15-16-17-18-19-20(22)21(2)23-3/h8-9,11-12H,4-7,10,13-19H2,1-3H3/b9-8-,12-11-. The molecule has 1 amide bonds. The second kappa shape index (κ2) is 17.3. The number of allylic oxidation sites excluding steroid dienone is 4. The molecular formula is C20H37NO2. The first kappa shape index (κ1) is 21.9. The Hall–Kier alpha value is -1.09. The van der Waals surface area contributed by atoms with Crippen LogP contribution in [0, 0.1) is 0 Å². The zero-order chi connectivity index (χ0) is 17.2. The van der Waals surface area contributed by atoms with Gasteiger partial charge >= 0.3 is 0 Å². The average Bonchev–Trinajstić information content (AvgIpc) is 2.57. The highest BCUT2D eigenvalue weighted by Crippen LogP contribution is 2.09. The number of carbonyl (C=O) groups excluding carboxylic acids is 1. The van der Waals surface area contributed by atoms with Gasteiger partial charge in [0.15, 0.2) is 0 Å². The van der Waals surface area contributed by atoms with Crippen LogP contribution in [0.25, 0.3) is 0 Å². The Bertz CT molecular complexity index is 324. The first-order valence-corrected chi connectivity index (χ1v) is 9.33. The fourth-order valence-electron chi connectivity index (χ4n) is 2.35. The Morgan fingerprint density at radius 3 is 2.04 bits per heavy atom. The van der Waals surface area contributed by atoms with Crippen LogP contribution in [0.4, 0.5) is 0 Å². The molecule has 23 heavy (non-hydrogen) atoms. The van der Waals surface area contributed by atoms with Crippen LogP contribution >= 0.6 is 0 Å². The molecule has 0 spiro atoms. The molecule has 0 rings (SSSR count). The molecule has 3 heteroatoms. The van der Waals surface area contributed by atoms with E-state index >= 15 is 0 Å². The topological polar surface area (TPSA) is 29.5 Å². The van der Waals surface area contributed by atoms with Crippen molar-refractivity contribution in [3.05, 3.63) is 24.3 Å². The monoisotopic (exact) mass is 323 g/mol. The van der Waals surface area contributed by atoms with Crippen LogP contribution in [0.3, 0.4) is 0 Å². The van der Waals surface area contributed by atoms with Crippen molar-refractivity contribution >= 4 is 5.91 Å². The molecular weight excluding hydrogens is 286 g/mol. The fraction of sp³-hybridized carbons (Fsp3) is 0.750. The fourth-order valence-corrected chi connectivity index (χ4v) is 2.35. The summed E-state index contributed by atoms with van der Waals surface area (Å²) in [6.45, 7) is 2.24. The second-order valence-corrected chi connectivity index (χ2v) is 6.05. The molecule has 0 aliphatic carbocycles. The normalized spacial score (nSPS) is 11.6. The first-order valence-electron chi connectivity index (χ1n) is 9.33. The van der Waals surface area contributed by atoms with E-state index in [2.05, 4.69) is 31.2 Å². The van der Waals surface area contributed by atoms with E-state index in [1.807, 2.05) is 0 Å². The maximum Gasteiger partial charge on any atom is 0.245 e. The first-order chi connectivity index (χ1) is 11.2. The summed E-state index contributed by atoms with van der Waals surface area (Å²) in [4.78, 5) is 16.4. The minimum atomic E-state index is 0.0678. The van der Waals surface area contributed by atoms with Gasteiger partial charge in [0.25, 0.3) is 0 Å². The van der Waals surface area contributed by atoms with Gasteiger partial charge in [-0.1, -0.05) is 63.3 Å². The molecule has 0 unspecified atom stereocenters. The average molecular weight is 324 g/mol. The Morgan fingerprint density at radius 2 is 1.43 bits per heavy atom. The van der Waals surface area contributed by atoms with Crippen molar-refractivity contribution in [1.82, 2.24) is 5.06 Å². The number of hydroxylamine groups is 2. The van der Waals surface area contributed by atoms with Crippen LogP contribution in [0.2, 0.25) is 0 Å². The van der Waals surface area contributed by atoms with Gasteiger partial charge in [-0.15, -0.1) is 0 Å². The van der Waals surface area contributed by atoms with Crippen LogP contribution in [0.5, 0.6) is 0 Å². The Morgan fingerprint density at radius 1 is 0.870 bits per heavy atom. The van der Waals surface area contributed by atoms with Gasteiger partial charge in [0.2, 0.25) is 5.91 Å². The van der Waals surface area contributed by atoms with Gasteiger partial charge in [0.05, 0.1) is 7.11 Å². The highest BCUT2D eigenvalue weighted by molar-refractivity contribution is 5.74. The summed E-state index contributed by atoms with van der Waals surface area (Å²) in [5.74, 6) is 0.0678. The van der Waals surface area contributed by atoms with Gasteiger partial charge in [-0.05, 0) is 38.5 Å². The Balaban J connectivity index is 3.29. The summed E-state index contributed by atoms with van der Waals surface area (Å²) in [5, 5.41) is 1.31. The van der Waals surface area contributed by atoms with Crippen molar-refractivity contribution in [2.75, 3.05) is 14.2 Å². The summed E-state index contributed by atoms with van der Waals surface area (Å²) in [7, 11) is 3.18. The summed E-state index contributed by atoms with van der Waals surface area (Å²) < 4.78 is 0. The zero-order valence-corrected chi connectivity index (χ0v) is 15.6. The van der Waals surface area contributed by atoms with Crippen LogP contribution < -0.4 is 0 Å². The van der Waals surface area contributed by atoms with Gasteiger partial charge in [-0.25, -0.2) is 5.06 Å². The van der Waals surface area contributed by atoms with E-state index in [1.165, 1.54) is 63.5 Å². The number of hydrogen-bond donors (Lipinski definition) is 0. The third kappa shape index (κ3) is 15.6. The second-order valence-electron chi connectivity index (χ2n) is 6.05. The van der Waals surface area contributed by atoms with Gasteiger partial charge in [0.1, 0.15) is 0 Å². The maximum absolute atomic E-state index is 11.5. The van der Waals surface area contributed by atoms with Crippen LogP contribution in [-0.4, -0.2) is 25.1 Å². The number of rotatable bonds is 15. The molecule has 0 aromatic rings. The molecule has 0 heterocycles. The van der Waals surface area contributed by atoms with Crippen LogP contribution in [0.15, 0.2) is 24.3 Å². The molecule has 0 aromatic carbocycles. The lowest BCUT2D eigenvalue weighted by atomic mass is 10.1. The summed E-state index contributed by atoms with van der Waals surface area (Å²) >= 11 is 0. The molecule has 0 N–H and O–H groups in total. The molecule has 3 nitrogen and oxygen atoms in total. The predicted molar refractivity (Wildman–Crippen MR) is 99.1 cm³/mol. The molecule has 0 saturated heterocycles. The third-order valence-electron chi connectivity index (χ3n) is 3.97. The summed E-state index contributed by atoms with van der Waals surface area (Å²) in [6, 6.07) is 0. The number of amides is 1. The predicted octanol–water partition coefficient (Wildman–Crippen LogP) is 5.82. The maximum atomic E-state index is 11.5. The molecule has 0 aliphatic heterocycles. The molecule has 0 bridgehead atoms. The minimum absolute atomic E-state index is 0.0678. The van der Waals surface area contributed by atoms with E-state index in [0.717, 1.165) is 19.3 Å². The van der Waals surface area contributed by atoms with Gasteiger partial charge in [0, 0.05) is 13.5 Å². The lowest BCUT2D eigenvalue weighted by Gasteiger charge is -2.12. The minimum Gasteiger partial charge on any atom is -0.275 e. The van der Waals surface area contributed by atoms with Gasteiger partial charge in [-0.3, -0.25) is 9.63 Å². The zero-order valence-electron chi connectivity index (χ0n) is 15.6.